The fraction of sp³-hybridized carbons (Fsp3) is 0.400. The number of carbonyl (C=O) groups is 2. The van der Waals surface area contributed by atoms with Crippen molar-refractivity contribution in [1.82, 2.24) is 19.8 Å². The lowest BCUT2D eigenvalue weighted by Crippen LogP contribution is -2.38. The molecule has 0 aromatic carbocycles. The number of carbonyl (C=O) groups excluding carboxylic acids is 2. The third-order valence-corrected chi connectivity index (χ3v) is 4.95. The molecule has 0 bridgehead atoms. The number of hydrogen-bond donors (Lipinski definition) is 0. The Balaban J connectivity index is 1.83. The molecule has 1 aliphatic heterocycles. The van der Waals surface area contributed by atoms with Gasteiger partial charge < -0.3 is 9.80 Å². The minimum atomic E-state index is -4.57. The summed E-state index contributed by atoms with van der Waals surface area (Å²) < 4.78 is 38.5. The van der Waals surface area contributed by atoms with Crippen LogP contribution in [0.15, 0.2) is 36.5 Å². The van der Waals surface area contributed by atoms with E-state index in [1.165, 1.54) is 11.8 Å². The highest BCUT2D eigenvalue weighted by molar-refractivity contribution is 5.95. The Morgan fingerprint density at radius 2 is 1.97 bits per heavy atom. The van der Waals surface area contributed by atoms with E-state index in [0.717, 1.165) is 17.8 Å². The predicted molar refractivity (Wildman–Crippen MR) is 98.9 cm³/mol. The van der Waals surface area contributed by atoms with Gasteiger partial charge >= 0.3 is 6.18 Å². The summed E-state index contributed by atoms with van der Waals surface area (Å²) in [6, 6.07) is 7.38. The molecule has 6 nitrogen and oxygen atoms in total. The van der Waals surface area contributed by atoms with Gasteiger partial charge in [0, 0.05) is 45.0 Å². The van der Waals surface area contributed by atoms with Crippen molar-refractivity contribution in [3.05, 3.63) is 59.2 Å². The Bertz CT molecular complexity index is 902. The summed E-state index contributed by atoms with van der Waals surface area (Å²) >= 11 is 0. The maximum absolute atomic E-state index is 13.0. The van der Waals surface area contributed by atoms with Gasteiger partial charge in [-0.25, -0.2) is 4.98 Å². The van der Waals surface area contributed by atoms with Crippen molar-refractivity contribution >= 4 is 11.8 Å². The van der Waals surface area contributed by atoms with Crippen LogP contribution in [0, 0.1) is 12.8 Å². The van der Waals surface area contributed by atoms with E-state index in [2.05, 4.69) is 9.97 Å². The van der Waals surface area contributed by atoms with E-state index in [1.807, 2.05) is 12.1 Å². The Hall–Kier alpha value is -2.97. The monoisotopic (exact) mass is 406 g/mol. The van der Waals surface area contributed by atoms with Gasteiger partial charge in [-0.3, -0.25) is 14.6 Å². The number of nitrogens with zero attached hydrogens (tertiary/aromatic N) is 4. The molecule has 0 unspecified atom stereocenters. The van der Waals surface area contributed by atoms with E-state index in [4.69, 9.17) is 0 Å². The largest absolute Gasteiger partial charge is 0.433 e. The number of rotatable bonds is 3. The number of halogens is 3. The molecule has 0 radical (unpaired) electrons. The first-order valence-electron chi connectivity index (χ1n) is 9.16. The second kappa shape index (κ2) is 8.18. The first-order chi connectivity index (χ1) is 13.7. The number of aryl methyl sites for hydroxylation is 1. The van der Waals surface area contributed by atoms with Gasteiger partial charge in [0.1, 0.15) is 5.69 Å². The van der Waals surface area contributed by atoms with Crippen molar-refractivity contribution < 1.29 is 22.8 Å². The summed E-state index contributed by atoms with van der Waals surface area (Å²) in [5.41, 5.74) is -0.187. The summed E-state index contributed by atoms with van der Waals surface area (Å²) in [6.45, 7) is 2.18. The molecule has 0 saturated carbocycles. The normalized spacial score (nSPS) is 18.0. The first-order valence-corrected chi connectivity index (χ1v) is 9.16. The molecule has 154 valence electrons. The maximum Gasteiger partial charge on any atom is 0.433 e. The van der Waals surface area contributed by atoms with Crippen LogP contribution in [0.25, 0.3) is 0 Å². The molecule has 1 saturated heterocycles. The van der Waals surface area contributed by atoms with Gasteiger partial charge in [-0.2, -0.15) is 13.2 Å². The third-order valence-electron chi connectivity index (χ3n) is 4.95. The summed E-state index contributed by atoms with van der Waals surface area (Å²) in [5, 5.41) is 0. The number of likely N-dealkylation sites (N-methyl/N-ethyl adjacent to an activating group) is 1. The van der Waals surface area contributed by atoms with Crippen LogP contribution in [0.2, 0.25) is 0 Å². The van der Waals surface area contributed by atoms with Gasteiger partial charge in [-0.1, -0.05) is 6.07 Å². The average Bonchev–Trinajstić information content (AvgIpc) is 2.81. The van der Waals surface area contributed by atoms with Crippen LogP contribution in [0.5, 0.6) is 0 Å². The number of aromatic nitrogens is 2. The molecular formula is C20H21F3N4O2. The molecular weight excluding hydrogens is 385 g/mol. The minimum Gasteiger partial charge on any atom is -0.344 e. The molecule has 1 aliphatic rings. The standard InChI is InChI=1S/C20H21F3N4O2/c1-13-16(6-7-17(25-13)20(21,22)23)19(29)27-10-9-26(2)18(28)14(12-27)11-15-5-3-4-8-24-15/h3-8,14H,9-12H2,1-2H3/t14-/m1/s1. The van der Waals surface area contributed by atoms with Crippen LogP contribution in [0.1, 0.15) is 27.4 Å². The molecule has 9 heteroatoms. The first kappa shape index (κ1) is 20.8. The van der Waals surface area contributed by atoms with Gasteiger partial charge in [0.2, 0.25) is 5.91 Å². The lowest BCUT2D eigenvalue weighted by atomic mass is 10.0. The molecule has 0 N–H and O–H groups in total. The highest BCUT2D eigenvalue weighted by atomic mass is 19.4. The van der Waals surface area contributed by atoms with E-state index >= 15 is 0 Å². The lowest BCUT2D eigenvalue weighted by molar-refractivity contribution is -0.141. The zero-order valence-electron chi connectivity index (χ0n) is 16.1. The van der Waals surface area contributed by atoms with E-state index in [-0.39, 0.29) is 23.7 Å². The molecule has 0 spiro atoms. The van der Waals surface area contributed by atoms with Crippen LogP contribution in [-0.4, -0.2) is 58.3 Å². The van der Waals surface area contributed by atoms with Gasteiger partial charge in [-0.15, -0.1) is 0 Å². The molecule has 1 fully saturated rings. The van der Waals surface area contributed by atoms with E-state index in [1.54, 1.807) is 24.2 Å². The third kappa shape index (κ3) is 4.72. The van der Waals surface area contributed by atoms with Crippen LogP contribution >= 0.6 is 0 Å². The Labute approximate surface area is 166 Å². The van der Waals surface area contributed by atoms with Crippen molar-refractivity contribution in [2.75, 3.05) is 26.7 Å². The lowest BCUT2D eigenvalue weighted by Gasteiger charge is -2.24. The summed E-state index contributed by atoms with van der Waals surface area (Å²) in [5.74, 6) is -1.00. The zero-order valence-corrected chi connectivity index (χ0v) is 16.1. The second-order valence-electron chi connectivity index (χ2n) is 7.06. The van der Waals surface area contributed by atoms with Crippen molar-refractivity contribution in [3.63, 3.8) is 0 Å². The van der Waals surface area contributed by atoms with E-state index in [0.29, 0.717) is 19.5 Å². The van der Waals surface area contributed by atoms with E-state index < -0.39 is 23.7 Å². The quantitative estimate of drug-likeness (QED) is 0.786. The zero-order chi connectivity index (χ0) is 21.2. The SMILES string of the molecule is Cc1nc(C(F)(F)F)ccc1C(=O)N1CCN(C)C(=O)[C@H](Cc2ccccn2)C1. The molecule has 3 heterocycles. The number of hydrogen-bond acceptors (Lipinski definition) is 4. The van der Waals surface area contributed by atoms with Gasteiger partial charge in [0.25, 0.3) is 5.91 Å². The topological polar surface area (TPSA) is 66.4 Å². The van der Waals surface area contributed by atoms with Gasteiger partial charge in [0.15, 0.2) is 0 Å². The fourth-order valence-electron chi connectivity index (χ4n) is 3.35. The summed E-state index contributed by atoms with van der Waals surface area (Å²) in [4.78, 5) is 36.6. The second-order valence-corrected chi connectivity index (χ2v) is 7.06. The average molecular weight is 406 g/mol. The van der Waals surface area contributed by atoms with Gasteiger partial charge in [-0.05, 0) is 31.2 Å². The van der Waals surface area contributed by atoms with Crippen LogP contribution < -0.4 is 0 Å². The highest BCUT2D eigenvalue weighted by Crippen LogP contribution is 2.28. The van der Waals surface area contributed by atoms with Gasteiger partial charge in [0.05, 0.1) is 17.2 Å². The fourth-order valence-corrected chi connectivity index (χ4v) is 3.35. The smallest absolute Gasteiger partial charge is 0.344 e. The van der Waals surface area contributed by atoms with Crippen LogP contribution in [0.3, 0.4) is 0 Å². The number of alkyl halides is 3. The Kier molecular flexibility index (Phi) is 5.86. The highest BCUT2D eigenvalue weighted by Gasteiger charge is 2.35. The Morgan fingerprint density at radius 1 is 1.21 bits per heavy atom. The summed E-state index contributed by atoms with van der Waals surface area (Å²) in [6.07, 6.45) is -2.56. The molecule has 0 aliphatic carbocycles. The summed E-state index contributed by atoms with van der Waals surface area (Å²) in [7, 11) is 1.67. The molecule has 2 aromatic rings. The Morgan fingerprint density at radius 3 is 2.59 bits per heavy atom. The van der Waals surface area contributed by atoms with Crippen molar-refractivity contribution in [2.45, 2.75) is 19.5 Å². The van der Waals surface area contributed by atoms with Crippen molar-refractivity contribution in [2.24, 2.45) is 5.92 Å². The minimum absolute atomic E-state index is 0.00929. The van der Waals surface area contributed by atoms with E-state index in [9.17, 15) is 22.8 Å². The van der Waals surface area contributed by atoms with Crippen molar-refractivity contribution in [1.29, 1.82) is 0 Å². The number of pyridine rings is 2. The van der Waals surface area contributed by atoms with Crippen LogP contribution in [-0.2, 0) is 17.4 Å². The molecule has 2 aromatic heterocycles. The molecule has 29 heavy (non-hydrogen) atoms. The predicted octanol–water partition coefficient (Wildman–Crippen LogP) is 2.58. The molecule has 1 atom stereocenters. The van der Waals surface area contributed by atoms with Crippen LogP contribution in [0.4, 0.5) is 13.2 Å². The maximum atomic E-state index is 13.0. The van der Waals surface area contributed by atoms with Crippen molar-refractivity contribution in [3.8, 4) is 0 Å². The number of amides is 2. The molecule has 2 amide bonds. The molecule has 3 rings (SSSR count).